The summed E-state index contributed by atoms with van der Waals surface area (Å²) in [6, 6.07) is 26.5. The minimum absolute atomic E-state index is 0.277. The summed E-state index contributed by atoms with van der Waals surface area (Å²) < 4.78 is 24.7. The van der Waals surface area contributed by atoms with Gasteiger partial charge in [0.25, 0.3) is 23.6 Å². The van der Waals surface area contributed by atoms with E-state index in [9.17, 15) is 19.2 Å². The number of hydrogen-bond donors (Lipinski definition) is 0. The first-order valence-electron chi connectivity index (χ1n) is 19.7. The zero-order valence-electron chi connectivity index (χ0n) is 34.4. The second-order valence-corrected chi connectivity index (χ2v) is 29.1. The molecule has 0 saturated carbocycles. The van der Waals surface area contributed by atoms with Crippen LogP contribution in [0, 0.1) is 6.92 Å². The van der Waals surface area contributed by atoms with Gasteiger partial charge in [0.1, 0.15) is 5.75 Å². The molecule has 2 aliphatic heterocycles. The number of fused-ring (bicyclic) bond motifs is 2. The summed E-state index contributed by atoms with van der Waals surface area (Å²) in [6.45, 7) is 16.8. The molecule has 0 atom stereocenters. The first kappa shape index (κ1) is 42.1. The average molecular weight is 823 g/mol. The Kier molecular flexibility index (Phi) is 12.7. The van der Waals surface area contributed by atoms with Crippen molar-refractivity contribution in [3.63, 3.8) is 0 Å². The molecule has 2 aliphatic rings. The highest BCUT2D eigenvalue weighted by molar-refractivity contribution is 6.87. The minimum Gasteiger partial charge on any atom is -0.494 e. The van der Waals surface area contributed by atoms with Crippen LogP contribution in [0.15, 0.2) is 84.9 Å². The molecule has 0 radical (unpaired) electrons. The highest BCUT2D eigenvalue weighted by Crippen LogP contribution is 2.36. The van der Waals surface area contributed by atoms with Gasteiger partial charge in [-0.25, -0.2) is 9.80 Å². The van der Waals surface area contributed by atoms with E-state index in [2.05, 4.69) is 39.3 Å². The Morgan fingerprint density at radius 1 is 0.509 bits per heavy atom. The van der Waals surface area contributed by atoms with Crippen LogP contribution in [0.5, 0.6) is 5.75 Å². The first-order chi connectivity index (χ1) is 27.0. The fourth-order valence-corrected chi connectivity index (χ4v) is 22.0. The number of anilines is 2. The number of ether oxygens (including phenoxy) is 2. The zero-order chi connectivity index (χ0) is 41.1. The molecule has 0 fully saturated rings. The Morgan fingerprint density at radius 2 is 0.930 bits per heavy atom. The summed E-state index contributed by atoms with van der Waals surface area (Å²) >= 11 is 0. The molecule has 13 heteroatoms. The van der Waals surface area contributed by atoms with Crippen LogP contribution in [0.3, 0.4) is 0 Å². The monoisotopic (exact) mass is 822 g/mol. The lowest BCUT2D eigenvalue weighted by Gasteiger charge is -2.38. The number of nitrogens with zero attached hydrogens (tertiary/aromatic N) is 2. The lowest BCUT2D eigenvalue weighted by Crippen LogP contribution is -2.52. The quantitative estimate of drug-likeness (QED) is 0.0554. The van der Waals surface area contributed by atoms with Gasteiger partial charge in [0.05, 0.1) is 40.2 Å². The summed E-state index contributed by atoms with van der Waals surface area (Å²) in [7, 11) is -4.27. The number of aryl methyl sites for hydroxylation is 1. The van der Waals surface area contributed by atoms with Gasteiger partial charge in [-0.05, 0) is 143 Å². The van der Waals surface area contributed by atoms with Crippen LogP contribution in [0.25, 0.3) is 11.1 Å². The minimum atomic E-state index is -2.26. The van der Waals surface area contributed by atoms with Crippen molar-refractivity contribution >= 4 is 60.2 Å². The van der Waals surface area contributed by atoms with Gasteiger partial charge in [-0.1, -0.05) is 42.7 Å². The van der Waals surface area contributed by atoms with Crippen molar-refractivity contribution in [3.8, 4) is 16.9 Å². The van der Waals surface area contributed by atoms with Crippen LogP contribution >= 0.6 is 0 Å². The number of unbranched alkanes of at least 4 members (excludes halogenated alkanes) is 2. The Labute approximate surface area is 339 Å². The second kappa shape index (κ2) is 17.1. The Balaban J connectivity index is 1.01. The van der Waals surface area contributed by atoms with Gasteiger partial charge >= 0.3 is 8.56 Å². The van der Waals surface area contributed by atoms with Gasteiger partial charge in [0, 0.05) is 13.7 Å². The molecule has 0 spiro atoms. The number of methoxy groups -OCH3 is 1. The van der Waals surface area contributed by atoms with Gasteiger partial charge in [-0.2, -0.15) is 0 Å². The topological polar surface area (TPSA) is 112 Å². The van der Waals surface area contributed by atoms with Gasteiger partial charge in [-0.3, -0.25) is 19.2 Å². The van der Waals surface area contributed by atoms with E-state index < -0.39 is 42.9 Å². The fraction of sp³-hybridized carbons (Fsp3) is 0.364. The molecular formula is C44H54N2O8Si3. The Morgan fingerprint density at radius 3 is 1.39 bits per heavy atom. The third-order valence-electron chi connectivity index (χ3n) is 10.4. The van der Waals surface area contributed by atoms with Gasteiger partial charge in [0.15, 0.2) is 16.6 Å². The van der Waals surface area contributed by atoms with E-state index in [4.69, 9.17) is 17.7 Å². The molecule has 0 aromatic heterocycles. The fourth-order valence-electron chi connectivity index (χ4n) is 7.79. The molecule has 57 heavy (non-hydrogen) atoms. The average Bonchev–Trinajstić information content (AvgIpc) is 3.55. The van der Waals surface area contributed by atoms with E-state index in [1.807, 2.05) is 19.1 Å². The van der Waals surface area contributed by atoms with Crippen molar-refractivity contribution in [2.24, 2.45) is 0 Å². The van der Waals surface area contributed by atoms with Crippen LogP contribution in [0.1, 0.15) is 72.7 Å². The summed E-state index contributed by atoms with van der Waals surface area (Å²) in [5, 5.41) is 0. The van der Waals surface area contributed by atoms with E-state index in [0.29, 0.717) is 51.5 Å². The molecule has 0 aliphatic carbocycles. The molecule has 4 aromatic rings. The van der Waals surface area contributed by atoms with Gasteiger partial charge in [0.2, 0.25) is 0 Å². The molecule has 4 amide bonds. The molecule has 0 saturated heterocycles. The standard InChI is InChI=1S/C44H54N2O8Si3/c1-31-13-17-34(18-14-31)45-41(47)37-23-15-32(29-39(37)43(45)49)33-16-24-38-40(30-33)44(50)46(42(38)48)35-19-21-36(22-20-35)52-26-10-12-28-56(5,6)54-57(7,8)53-55(3,4)27-11-9-25-51-2/h13-24,29-30H,9-12,25-28H2,1-8H3. The SMILES string of the molecule is COCCCC[Si](C)(C)O[Si](C)(C)O[Si](C)(C)CCCCOc1ccc(N2C(=O)c3ccc(-c4ccc5c(c4)C(=O)N(c4ccc(C)cc4)C5=O)cc3C2=O)cc1. The smallest absolute Gasteiger partial charge is 0.311 e. The van der Waals surface area contributed by atoms with E-state index in [1.54, 1.807) is 79.9 Å². The molecule has 0 bridgehead atoms. The first-order valence-corrected chi connectivity index (χ1v) is 28.8. The lowest BCUT2D eigenvalue weighted by atomic mass is 9.97. The Bertz CT molecular complexity index is 2150. The van der Waals surface area contributed by atoms with Crippen molar-refractivity contribution in [2.75, 3.05) is 30.1 Å². The number of hydrogen-bond acceptors (Lipinski definition) is 8. The number of carbonyl (C=O) groups excluding carboxylic acids is 4. The molecule has 2 heterocycles. The number of rotatable bonds is 18. The van der Waals surface area contributed by atoms with Crippen LogP contribution in [0.2, 0.25) is 51.4 Å². The highest BCUT2D eigenvalue weighted by atomic mass is 28.5. The van der Waals surface area contributed by atoms with Gasteiger partial charge in [-0.15, -0.1) is 0 Å². The van der Waals surface area contributed by atoms with Crippen molar-refractivity contribution in [1.82, 2.24) is 0 Å². The van der Waals surface area contributed by atoms with Crippen LogP contribution in [0.4, 0.5) is 11.4 Å². The summed E-state index contributed by atoms with van der Waals surface area (Å²) in [6.07, 6.45) is 4.05. The molecule has 0 N–H and O–H groups in total. The third-order valence-corrected chi connectivity index (χ3v) is 21.8. The lowest BCUT2D eigenvalue weighted by molar-refractivity contribution is 0.0910. The molecule has 6 rings (SSSR count). The third kappa shape index (κ3) is 9.79. The molecule has 4 aromatic carbocycles. The largest absolute Gasteiger partial charge is 0.494 e. The summed E-state index contributed by atoms with van der Waals surface area (Å²) in [5.41, 5.74) is 4.50. The van der Waals surface area contributed by atoms with Crippen LogP contribution in [-0.2, 0) is 13.0 Å². The maximum atomic E-state index is 13.7. The number of carbonyl (C=O) groups is 4. The van der Waals surface area contributed by atoms with Crippen molar-refractivity contribution in [1.29, 1.82) is 0 Å². The summed E-state index contributed by atoms with van der Waals surface area (Å²) in [5.74, 6) is -0.952. The second-order valence-electron chi connectivity index (χ2n) is 16.6. The maximum Gasteiger partial charge on any atom is 0.311 e. The number of benzene rings is 4. The van der Waals surface area contributed by atoms with E-state index in [1.165, 1.54) is 9.80 Å². The van der Waals surface area contributed by atoms with Crippen molar-refractivity contribution in [2.45, 2.75) is 84.0 Å². The number of imide groups is 2. The molecule has 0 unspecified atom stereocenters. The highest BCUT2D eigenvalue weighted by Gasteiger charge is 2.40. The van der Waals surface area contributed by atoms with Crippen LogP contribution < -0.4 is 14.5 Å². The van der Waals surface area contributed by atoms with Crippen molar-refractivity contribution < 1.29 is 36.9 Å². The van der Waals surface area contributed by atoms with Crippen LogP contribution in [-0.4, -0.2) is 69.1 Å². The van der Waals surface area contributed by atoms with Crippen molar-refractivity contribution in [3.05, 3.63) is 113 Å². The van der Waals surface area contributed by atoms with E-state index >= 15 is 0 Å². The predicted molar refractivity (Wildman–Crippen MR) is 232 cm³/mol. The van der Waals surface area contributed by atoms with E-state index in [-0.39, 0.29) is 11.5 Å². The zero-order valence-corrected chi connectivity index (χ0v) is 37.4. The summed E-state index contributed by atoms with van der Waals surface area (Å²) in [4.78, 5) is 56.1. The Hall–Kier alpha value is -4.51. The van der Waals surface area contributed by atoms with E-state index in [0.717, 1.165) is 49.9 Å². The molecular weight excluding hydrogens is 769 g/mol. The molecule has 300 valence electrons. The normalized spacial score (nSPS) is 14.5. The maximum absolute atomic E-state index is 13.7. The predicted octanol–water partition coefficient (Wildman–Crippen LogP) is 9.99. The molecule has 10 nitrogen and oxygen atoms in total. The number of amides is 4. The van der Waals surface area contributed by atoms with Gasteiger partial charge < -0.3 is 17.7 Å².